The van der Waals surface area contributed by atoms with Gasteiger partial charge < -0.3 is 34.4 Å². The molecule has 7 rings (SSSR count). The monoisotopic (exact) mass is 726 g/mol. The second-order valence-electron chi connectivity index (χ2n) is 14.1. The molecule has 280 valence electrons. The molecule has 2 N–H and O–H groups in total. The number of fused-ring (bicyclic) bond motifs is 3. The molecule has 0 radical (unpaired) electrons. The number of aromatic nitrogens is 3. The summed E-state index contributed by atoms with van der Waals surface area (Å²) in [4.78, 5) is 60.7. The van der Waals surface area contributed by atoms with Gasteiger partial charge in [-0.2, -0.15) is 0 Å². The van der Waals surface area contributed by atoms with E-state index in [0.29, 0.717) is 30.3 Å². The van der Waals surface area contributed by atoms with E-state index in [1.165, 1.54) is 7.11 Å². The van der Waals surface area contributed by atoms with Crippen LogP contribution in [0.4, 0.5) is 0 Å². The number of ether oxygens (including phenoxy) is 3. The van der Waals surface area contributed by atoms with Gasteiger partial charge >= 0.3 is 5.97 Å². The number of carbonyl (C=O) groups excluding carboxylic acids is 4. The summed E-state index contributed by atoms with van der Waals surface area (Å²) >= 11 is 0. The van der Waals surface area contributed by atoms with Gasteiger partial charge in [-0.25, -0.2) is 4.68 Å². The molecule has 5 bridgehead atoms. The Hall–Kier alpha value is -4.92. The summed E-state index contributed by atoms with van der Waals surface area (Å²) in [5, 5.41) is 20.9. The normalized spacial score (nSPS) is 29.5. The number of benzene rings is 2. The lowest BCUT2D eigenvalue weighted by atomic mass is 9.74. The van der Waals surface area contributed by atoms with E-state index < -0.39 is 47.7 Å². The van der Waals surface area contributed by atoms with Gasteiger partial charge in [0.05, 0.1) is 30.2 Å². The number of carbonyl (C=O) groups is 4. The highest BCUT2D eigenvalue weighted by molar-refractivity contribution is 5.99. The molecule has 5 heterocycles. The quantitative estimate of drug-likeness (QED) is 0.171. The van der Waals surface area contributed by atoms with Crippen LogP contribution >= 0.6 is 0 Å². The fourth-order valence-corrected chi connectivity index (χ4v) is 8.20. The molecule has 1 aromatic heterocycles. The van der Waals surface area contributed by atoms with E-state index in [-0.39, 0.29) is 57.1 Å². The lowest BCUT2D eigenvalue weighted by Crippen LogP contribution is -2.56. The number of unbranched alkanes of at least 4 members (excludes halogenated alkanes) is 3. The number of esters is 1. The van der Waals surface area contributed by atoms with Gasteiger partial charge in [0, 0.05) is 33.2 Å². The number of hydrogen-bond donors (Lipinski definition) is 2. The number of amides is 3. The molecule has 3 aromatic rings. The van der Waals surface area contributed by atoms with E-state index >= 15 is 4.79 Å². The SMILES string of the molecule is COC[C@H]1NC(=O)CC/C=C\CN(Cn2nnc3ccccc32)C(=O)[C@@H]2N(CCCCCCO)C(=O)[C@H]3[C@H](C(=O)O[C@@H]1c1ccccc1)[C@@H]1C=C[C@]23O1. The number of nitrogens with zero attached hydrogens (tertiary/aromatic N) is 5. The Bertz CT molecular complexity index is 1860. The van der Waals surface area contributed by atoms with Crippen molar-refractivity contribution in [1.29, 1.82) is 0 Å². The molecule has 14 heteroatoms. The van der Waals surface area contributed by atoms with Gasteiger partial charge in [-0.15, -0.1) is 5.10 Å². The van der Waals surface area contributed by atoms with Crippen LogP contribution in [0.25, 0.3) is 11.0 Å². The average Bonchev–Trinajstić information content (AvgIpc) is 3.92. The zero-order chi connectivity index (χ0) is 37.0. The average molecular weight is 727 g/mol. The molecule has 2 fully saturated rings. The zero-order valence-electron chi connectivity index (χ0n) is 29.8. The maximum absolute atomic E-state index is 15.1. The molecular weight excluding hydrogens is 680 g/mol. The summed E-state index contributed by atoms with van der Waals surface area (Å²) in [6, 6.07) is 14.8. The smallest absolute Gasteiger partial charge is 0.313 e. The zero-order valence-corrected chi connectivity index (χ0v) is 29.8. The van der Waals surface area contributed by atoms with E-state index in [1.54, 1.807) is 26.6 Å². The minimum Gasteiger partial charge on any atom is -0.455 e. The van der Waals surface area contributed by atoms with E-state index in [9.17, 15) is 19.5 Å². The first-order valence-corrected chi connectivity index (χ1v) is 18.4. The fraction of sp³-hybridized carbons (Fsp3) is 0.487. The third kappa shape index (κ3) is 7.10. The van der Waals surface area contributed by atoms with Crippen LogP contribution in [-0.4, -0.2) is 111 Å². The molecule has 0 saturated carbocycles. The summed E-state index contributed by atoms with van der Waals surface area (Å²) in [5.74, 6) is -3.66. The molecule has 0 unspecified atom stereocenters. The molecule has 7 atom stereocenters. The number of methoxy groups -OCH3 is 1. The van der Waals surface area contributed by atoms with Gasteiger partial charge in [0.15, 0.2) is 0 Å². The Morgan fingerprint density at radius 3 is 2.58 bits per heavy atom. The van der Waals surface area contributed by atoms with E-state index in [2.05, 4.69) is 15.6 Å². The van der Waals surface area contributed by atoms with Crippen molar-refractivity contribution in [2.24, 2.45) is 11.8 Å². The highest BCUT2D eigenvalue weighted by atomic mass is 16.6. The number of aliphatic hydroxyl groups excluding tert-OH is 1. The summed E-state index contributed by atoms with van der Waals surface area (Å²) in [6.45, 7) is 0.614. The molecule has 2 saturated heterocycles. The molecule has 1 spiro atoms. The third-order valence-electron chi connectivity index (χ3n) is 10.7. The largest absolute Gasteiger partial charge is 0.455 e. The second kappa shape index (κ2) is 16.0. The van der Waals surface area contributed by atoms with Crippen molar-refractivity contribution >= 4 is 34.7 Å². The number of rotatable bonds is 11. The Labute approximate surface area is 307 Å². The van der Waals surface area contributed by atoms with Gasteiger partial charge in [0.25, 0.3) is 5.91 Å². The number of cyclic esters (lactones) is 1. The van der Waals surface area contributed by atoms with Crippen LogP contribution in [0.15, 0.2) is 78.9 Å². The first kappa shape index (κ1) is 36.4. The van der Waals surface area contributed by atoms with Crippen molar-refractivity contribution in [2.45, 2.75) is 75.1 Å². The van der Waals surface area contributed by atoms with Gasteiger partial charge in [-0.05, 0) is 37.0 Å². The summed E-state index contributed by atoms with van der Waals surface area (Å²) in [6.07, 6.45) is 8.82. The number of likely N-dealkylation sites (tertiary alicyclic amines) is 1. The second-order valence-corrected chi connectivity index (χ2v) is 14.1. The summed E-state index contributed by atoms with van der Waals surface area (Å²) < 4.78 is 20.1. The van der Waals surface area contributed by atoms with Crippen molar-refractivity contribution in [3.63, 3.8) is 0 Å². The molecule has 4 aliphatic rings. The lowest BCUT2D eigenvalue weighted by Gasteiger charge is -2.35. The van der Waals surface area contributed by atoms with Gasteiger partial charge in [-0.1, -0.05) is 84.8 Å². The lowest BCUT2D eigenvalue weighted by molar-refractivity contribution is -0.162. The van der Waals surface area contributed by atoms with Crippen LogP contribution in [0.3, 0.4) is 0 Å². The Morgan fingerprint density at radius 2 is 1.77 bits per heavy atom. The Morgan fingerprint density at radius 1 is 0.981 bits per heavy atom. The predicted octanol–water partition coefficient (Wildman–Crippen LogP) is 2.69. The Balaban J connectivity index is 1.28. The van der Waals surface area contributed by atoms with Crippen molar-refractivity contribution < 1.29 is 38.5 Å². The van der Waals surface area contributed by atoms with E-state index in [4.69, 9.17) is 14.2 Å². The third-order valence-corrected chi connectivity index (χ3v) is 10.7. The van der Waals surface area contributed by atoms with Crippen molar-refractivity contribution in [3.8, 4) is 0 Å². The first-order chi connectivity index (χ1) is 25.9. The number of hydrogen-bond acceptors (Lipinski definition) is 10. The fourth-order valence-electron chi connectivity index (χ4n) is 8.20. The minimum absolute atomic E-state index is 0.0377. The maximum Gasteiger partial charge on any atom is 0.313 e. The van der Waals surface area contributed by atoms with Crippen LogP contribution in [0, 0.1) is 11.8 Å². The van der Waals surface area contributed by atoms with E-state index in [0.717, 1.165) is 18.4 Å². The van der Waals surface area contributed by atoms with Crippen LogP contribution < -0.4 is 5.32 Å². The van der Waals surface area contributed by atoms with Crippen molar-refractivity contribution in [1.82, 2.24) is 30.1 Å². The van der Waals surface area contributed by atoms with Crippen LogP contribution in [0.2, 0.25) is 0 Å². The number of aliphatic hydroxyl groups is 1. The maximum atomic E-state index is 15.1. The van der Waals surface area contributed by atoms with Crippen molar-refractivity contribution in [3.05, 3.63) is 84.5 Å². The molecule has 0 aliphatic carbocycles. The highest BCUT2D eigenvalue weighted by Gasteiger charge is 2.73. The van der Waals surface area contributed by atoms with Gasteiger partial charge in [-0.3, -0.25) is 19.2 Å². The standard InChI is InChI=1S/C39H46N6O8/c1-51-24-28-34(26-14-6-4-7-15-26)52-38(50)32-30-19-20-39(53-30)33(32)36(48)44(22-12-2-3-13-23-46)35(39)37(49)43(21-11-5-8-18-31(47)40-28)25-45-29-17-10-9-16-27(29)41-42-45/h4-7,9-11,14-17,19-20,28,30,32-35,46H,2-3,8,12-13,18,21-25H2,1H3,(H,40,47)/b11-5-/t28-,30+,32-,33-,34-,35+,39-/m1/s1. The van der Waals surface area contributed by atoms with Crippen LogP contribution in [0.1, 0.15) is 50.2 Å². The topological polar surface area (TPSA) is 165 Å². The number of nitrogens with one attached hydrogen (secondary N) is 1. The Kier molecular flexibility index (Phi) is 11.0. The molecular formula is C39H46N6O8. The predicted molar refractivity (Wildman–Crippen MR) is 191 cm³/mol. The first-order valence-electron chi connectivity index (χ1n) is 18.4. The van der Waals surface area contributed by atoms with Crippen molar-refractivity contribution in [2.75, 3.05) is 33.4 Å². The summed E-state index contributed by atoms with van der Waals surface area (Å²) in [5.41, 5.74) is 0.662. The van der Waals surface area contributed by atoms with Crippen LogP contribution in [-0.2, 0) is 40.1 Å². The summed E-state index contributed by atoms with van der Waals surface area (Å²) in [7, 11) is 1.51. The molecule has 4 aliphatic heterocycles. The van der Waals surface area contributed by atoms with Crippen LogP contribution in [0.5, 0.6) is 0 Å². The highest BCUT2D eigenvalue weighted by Crippen LogP contribution is 2.56. The molecule has 53 heavy (non-hydrogen) atoms. The van der Waals surface area contributed by atoms with Gasteiger partial charge in [0.1, 0.15) is 35.9 Å². The minimum atomic E-state index is -1.41. The van der Waals surface area contributed by atoms with Gasteiger partial charge in [0.2, 0.25) is 11.8 Å². The molecule has 2 aromatic carbocycles. The van der Waals surface area contributed by atoms with E-state index in [1.807, 2.05) is 66.7 Å². The number of para-hydroxylation sites is 1. The molecule has 14 nitrogen and oxygen atoms in total. The number of allylic oxidation sites excluding steroid dienone is 1. The molecule has 3 amide bonds.